The predicted molar refractivity (Wildman–Crippen MR) is 59.8 cm³/mol. The number of carbonyl (C=O) groups is 1. The van der Waals surface area contributed by atoms with E-state index in [2.05, 4.69) is 10.6 Å². The van der Waals surface area contributed by atoms with Gasteiger partial charge >= 0.3 is 0 Å². The van der Waals surface area contributed by atoms with Crippen molar-refractivity contribution in [3.63, 3.8) is 0 Å². The van der Waals surface area contributed by atoms with E-state index in [0.29, 0.717) is 26.2 Å². The van der Waals surface area contributed by atoms with E-state index >= 15 is 0 Å². The number of nitrogens with one attached hydrogen (secondary N) is 2. The lowest BCUT2D eigenvalue weighted by Gasteiger charge is -2.02. The lowest BCUT2D eigenvalue weighted by Crippen LogP contribution is -2.33. The van der Waals surface area contributed by atoms with Gasteiger partial charge in [-0.3, -0.25) is 4.79 Å². The third-order valence-electron chi connectivity index (χ3n) is 1.96. The Morgan fingerprint density at radius 2 is 2.19 bits per heavy atom. The van der Waals surface area contributed by atoms with Crippen LogP contribution >= 0.6 is 0 Å². The molecule has 0 fully saturated rings. The van der Waals surface area contributed by atoms with E-state index < -0.39 is 0 Å². The summed E-state index contributed by atoms with van der Waals surface area (Å²) in [7, 11) is 1.62. The van der Waals surface area contributed by atoms with E-state index in [1.165, 1.54) is 0 Å². The van der Waals surface area contributed by atoms with Crippen molar-refractivity contribution < 1.29 is 13.9 Å². The Labute approximate surface area is 95.2 Å². The van der Waals surface area contributed by atoms with Crippen LogP contribution in [0.5, 0.6) is 0 Å². The van der Waals surface area contributed by atoms with Gasteiger partial charge in [0.2, 0.25) is 5.91 Å². The van der Waals surface area contributed by atoms with Gasteiger partial charge in [-0.2, -0.15) is 0 Å². The molecule has 5 heteroatoms. The molecule has 0 bridgehead atoms. The molecular weight excluding hydrogens is 208 g/mol. The van der Waals surface area contributed by atoms with Gasteiger partial charge in [0.25, 0.3) is 0 Å². The first-order chi connectivity index (χ1) is 7.76. The maximum absolute atomic E-state index is 11.1. The number of methoxy groups -OCH3 is 1. The minimum Gasteiger partial charge on any atom is -0.462 e. The zero-order valence-electron chi connectivity index (χ0n) is 9.71. The van der Waals surface area contributed by atoms with Crippen LogP contribution in [-0.2, 0) is 22.7 Å². The molecule has 0 saturated heterocycles. The molecule has 0 saturated carbocycles. The van der Waals surface area contributed by atoms with E-state index in [0.717, 1.165) is 11.5 Å². The maximum Gasteiger partial charge on any atom is 0.233 e. The molecule has 1 rings (SSSR count). The highest BCUT2D eigenvalue weighted by molar-refractivity contribution is 5.77. The largest absolute Gasteiger partial charge is 0.462 e. The Morgan fingerprint density at radius 3 is 2.88 bits per heavy atom. The molecule has 1 heterocycles. The van der Waals surface area contributed by atoms with E-state index in [1.54, 1.807) is 7.11 Å². The number of hydrogen-bond donors (Lipinski definition) is 2. The number of rotatable bonds is 7. The molecule has 0 aliphatic carbocycles. The minimum atomic E-state index is -0.00817. The number of likely N-dealkylation sites (N-methyl/N-ethyl adjacent to an activating group) is 1. The third-order valence-corrected chi connectivity index (χ3v) is 1.96. The lowest BCUT2D eigenvalue weighted by atomic mass is 10.4. The lowest BCUT2D eigenvalue weighted by molar-refractivity contribution is -0.120. The molecule has 1 amide bonds. The van der Waals surface area contributed by atoms with Crippen molar-refractivity contribution in [3.05, 3.63) is 23.7 Å². The van der Waals surface area contributed by atoms with Crippen molar-refractivity contribution in [2.45, 2.75) is 20.1 Å². The van der Waals surface area contributed by atoms with Crippen LogP contribution in [0.3, 0.4) is 0 Å². The van der Waals surface area contributed by atoms with Crippen LogP contribution in [0.15, 0.2) is 16.5 Å². The van der Waals surface area contributed by atoms with E-state index in [9.17, 15) is 4.79 Å². The molecule has 2 N–H and O–H groups in total. The van der Waals surface area contributed by atoms with Crippen molar-refractivity contribution in [2.75, 3.05) is 20.2 Å². The highest BCUT2D eigenvalue weighted by atomic mass is 16.5. The number of ether oxygens (including phenoxy) is 1. The summed E-state index contributed by atoms with van der Waals surface area (Å²) >= 11 is 0. The van der Waals surface area contributed by atoms with Gasteiger partial charge in [-0.05, 0) is 19.1 Å². The van der Waals surface area contributed by atoms with Crippen molar-refractivity contribution in [2.24, 2.45) is 0 Å². The Balaban J connectivity index is 2.23. The van der Waals surface area contributed by atoms with Gasteiger partial charge in [0.05, 0.1) is 13.1 Å². The molecule has 90 valence electrons. The summed E-state index contributed by atoms with van der Waals surface area (Å²) < 4.78 is 10.4. The first-order valence-corrected chi connectivity index (χ1v) is 5.30. The molecule has 16 heavy (non-hydrogen) atoms. The maximum atomic E-state index is 11.1. The quantitative estimate of drug-likeness (QED) is 0.716. The fourth-order valence-electron chi connectivity index (χ4n) is 1.30. The average Bonchev–Trinajstić information content (AvgIpc) is 2.67. The highest BCUT2D eigenvalue weighted by Crippen LogP contribution is 2.08. The van der Waals surface area contributed by atoms with Gasteiger partial charge in [0.1, 0.15) is 18.1 Å². The Morgan fingerprint density at radius 1 is 1.44 bits per heavy atom. The second-order valence-corrected chi connectivity index (χ2v) is 3.36. The van der Waals surface area contributed by atoms with Crippen molar-refractivity contribution >= 4 is 5.91 Å². The molecule has 0 unspecified atom stereocenters. The van der Waals surface area contributed by atoms with Crippen LogP contribution in [-0.4, -0.2) is 26.1 Å². The Kier molecular flexibility index (Phi) is 5.60. The highest BCUT2D eigenvalue weighted by Gasteiger charge is 2.02. The summed E-state index contributed by atoms with van der Waals surface area (Å²) in [5.74, 6) is 1.58. The molecule has 0 spiro atoms. The van der Waals surface area contributed by atoms with Crippen LogP contribution in [0.4, 0.5) is 0 Å². The first-order valence-electron chi connectivity index (χ1n) is 5.30. The SMILES string of the molecule is CCNC(=O)CNCc1ccc(COC)o1. The van der Waals surface area contributed by atoms with Gasteiger partial charge in [-0.15, -0.1) is 0 Å². The Bertz CT molecular complexity index is 323. The fraction of sp³-hybridized carbons (Fsp3) is 0.545. The first kappa shape index (κ1) is 12.7. The molecule has 0 aliphatic heterocycles. The molecular formula is C11H18N2O3. The predicted octanol–water partition coefficient (Wildman–Crippen LogP) is 0.652. The number of furan rings is 1. The van der Waals surface area contributed by atoms with E-state index in [4.69, 9.17) is 9.15 Å². The van der Waals surface area contributed by atoms with E-state index in [-0.39, 0.29) is 5.91 Å². The second kappa shape index (κ2) is 7.03. The molecule has 1 aromatic heterocycles. The monoisotopic (exact) mass is 226 g/mol. The van der Waals surface area contributed by atoms with Crippen LogP contribution < -0.4 is 10.6 Å². The van der Waals surface area contributed by atoms with Crippen molar-refractivity contribution in [1.82, 2.24) is 10.6 Å². The summed E-state index contributed by atoms with van der Waals surface area (Å²) in [4.78, 5) is 11.1. The van der Waals surface area contributed by atoms with Gasteiger partial charge in [0, 0.05) is 13.7 Å². The van der Waals surface area contributed by atoms with Crippen LogP contribution in [0, 0.1) is 0 Å². The van der Waals surface area contributed by atoms with E-state index in [1.807, 2.05) is 19.1 Å². The molecule has 0 aliphatic rings. The molecule has 0 atom stereocenters. The van der Waals surface area contributed by atoms with Gasteiger partial charge in [-0.1, -0.05) is 0 Å². The zero-order chi connectivity index (χ0) is 11.8. The number of carbonyl (C=O) groups excluding carboxylic acids is 1. The second-order valence-electron chi connectivity index (χ2n) is 3.36. The summed E-state index contributed by atoms with van der Waals surface area (Å²) in [5, 5.41) is 5.70. The normalized spacial score (nSPS) is 10.4. The average molecular weight is 226 g/mol. The zero-order valence-corrected chi connectivity index (χ0v) is 9.71. The number of amides is 1. The van der Waals surface area contributed by atoms with Crippen LogP contribution in [0.2, 0.25) is 0 Å². The number of hydrogen-bond acceptors (Lipinski definition) is 4. The molecule has 0 aromatic carbocycles. The topological polar surface area (TPSA) is 63.5 Å². The standard InChI is InChI=1S/C11H18N2O3/c1-3-13-11(14)7-12-6-9-4-5-10(16-9)8-15-2/h4-5,12H,3,6-8H2,1-2H3,(H,13,14). The van der Waals surface area contributed by atoms with Crippen molar-refractivity contribution in [3.8, 4) is 0 Å². The summed E-state index contributed by atoms with van der Waals surface area (Å²) in [6.07, 6.45) is 0. The molecule has 5 nitrogen and oxygen atoms in total. The third kappa shape index (κ3) is 4.46. The van der Waals surface area contributed by atoms with Gasteiger partial charge in [-0.25, -0.2) is 0 Å². The van der Waals surface area contributed by atoms with Gasteiger partial charge < -0.3 is 19.8 Å². The summed E-state index contributed by atoms with van der Waals surface area (Å²) in [6.45, 7) is 3.85. The summed E-state index contributed by atoms with van der Waals surface area (Å²) in [6, 6.07) is 3.74. The molecule has 0 radical (unpaired) electrons. The fourth-order valence-corrected chi connectivity index (χ4v) is 1.30. The summed E-state index contributed by atoms with van der Waals surface area (Å²) in [5.41, 5.74) is 0. The van der Waals surface area contributed by atoms with Crippen molar-refractivity contribution in [1.29, 1.82) is 0 Å². The molecule has 1 aromatic rings. The minimum absolute atomic E-state index is 0.00817. The Hall–Kier alpha value is -1.33. The van der Waals surface area contributed by atoms with Crippen LogP contribution in [0.1, 0.15) is 18.4 Å². The smallest absolute Gasteiger partial charge is 0.233 e. The van der Waals surface area contributed by atoms with Gasteiger partial charge in [0.15, 0.2) is 0 Å². The van der Waals surface area contributed by atoms with Crippen LogP contribution in [0.25, 0.3) is 0 Å².